The third-order valence-electron chi connectivity index (χ3n) is 4.37. The summed E-state index contributed by atoms with van der Waals surface area (Å²) < 4.78 is 15.8. The van der Waals surface area contributed by atoms with Crippen LogP contribution in [0.15, 0.2) is 94.6 Å². The van der Waals surface area contributed by atoms with E-state index in [2.05, 4.69) is 31.6 Å². The molecule has 1 amide bonds. The normalized spacial score (nSPS) is 11.0. The number of halogens is 2. The maximum absolute atomic E-state index is 13.4. The molecule has 0 spiro atoms. The van der Waals surface area contributed by atoms with Crippen molar-refractivity contribution in [3.8, 4) is 16.9 Å². The monoisotopic (exact) mass is 462 g/mol. The zero-order valence-corrected chi connectivity index (χ0v) is 17.3. The first kappa shape index (κ1) is 19.7. The molecule has 0 radical (unpaired) electrons. The summed E-state index contributed by atoms with van der Waals surface area (Å²) in [5.74, 6) is -0.658. The first-order valence-corrected chi connectivity index (χ1v) is 9.90. The van der Waals surface area contributed by atoms with Crippen LogP contribution in [-0.2, 0) is 0 Å². The van der Waals surface area contributed by atoms with Gasteiger partial charge in [-0.15, -0.1) is 0 Å². The van der Waals surface area contributed by atoms with Crippen molar-refractivity contribution in [1.82, 2.24) is 15.2 Å². The Morgan fingerprint density at radius 2 is 1.70 bits per heavy atom. The average molecular weight is 463 g/mol. The van der Waals surface area contributed by atoms with E-state index in [9.17, 15) is 9.18 Å². The van der Waals surface area contributed by atoms with E-state index >= 15 is 0 Å². The lowest BCUT2D eigenvalue weighted by molar-refractivity contribution is 0.0954. The van der Waals surface area contributed by atoms with Gasteiger partial charge >= 0.3 is 0 Å². The van der Waals surface area contributed by atoms with E-state index in [0.29, 0.717) is 21.3 Å². The van der Waals surface area contributed by atoms with Crippen LogP contribution in [0.4, 0.5) is 4.39 Å². The third kappa shape index (κ3) is 4.36. The Bertz CT molecular complexity index is 1200. The van der Waals surface area contributed by atoms with E-state index in [1.54, 1.807) is 35.0 Å². The number of hydrogen-bond donors (Lipinski definition) is 1. The predicted octanol–water partition coefficient (Wildman–Crippen LogP) is 5.20. The van der Waals surface area contributed by atoms with Crippen molar-refractivity contribution in [2.75, 3.05) is 0 Å². The van der Waals surface area contributed by atoms with Crippen LogP contribution in [0.5, 0.6) is 0 Å². The van der Waals surface area contributed by atoms with E-state index in [-0.39, 0.29) is 11.7 Å². The highest BCUT2D eigenvalue weighted by Gasteiger charge is 2.12. The topological polar surface area (TPSA) is 59.3 Å². The Morgan fingerprint density at radius 3 is 2.43 bits per heavy atom. The molecule has 5 nitrogen and oxygen atoms in total. The molecule has 1 aromatic heterocycles. The van der Waals surface area contributed by atoms with Crippen LogP contribution >= 0.6 is 15.9 Å². The van der Waals surface area contributed by atoms with Crippen molar-refractivity contribution in [1.29, 1.82) is 0 Å². The van der Waals surface area contributed by atoms with Crippen LogP contribution in [-0.4, -0.2) is 21.9 Å². The summed E-state index contributed by atoms with van der Waals surface area (Å²) in [6.45, 7) is 0. The third-order valence-corrected chi connectivity index (χ3v) is 5.06. The molecule has 0 unspecified atom stereocenters. The van der Waals surface area contributed by atoms with Crippen molar-refractivity contribution in [2.24, 2.45) is 5.10 Å². The van der Waals surface area contributed by atoms with Crippen LogP contribution < -0.4 is 5.43 Å². The van der Waals surface area contributed by atoms with Gasteiger partial charge in [0.1, 0.15) is 11.5 Å². The average Bonchev–Trinajstić information content (AvgIpc) is 3.19. The smallest absolute Gasteiger partial charge is 0.267 e. The van der Waals surface area contributed by atoms with Crippen LogP contribution in [0.25, 0.3) is 16.9 Å². The van der Waals surface area contributed by atoms with Gasteiger partial charge in [-0.1, -0.05) is 30.3 Å². The fourth-order valence-corrected chi connectivity index (χ4v) is 3.36. The maximum Gasteiger partial charge on any atom is 0.272 e. The lowest BCUT2D eigenvalue weighted by Gasteiger charge is -2.02. The second-order valence-electron chi connectivity index (χ2n) is 6.40. The summed E-state index contributed by atoms with van der Waals surface area (Å²) >= 11 is 3.35. The van der Waals surface area contributed by atoms with Gasteiger partial charge in [0.15, 0.2) is 0 Å². The number of rotatable bonds is 5. The second kappa shape index (κ2) is 8.84. The molecular weight excluding hydrogens is 447 g/mol. The molecule has 0 aliphatic rings. The van der Waals surface area contributed by atoms with Crippen molar-refractivity contribution in [2.45, 2.75) is 0 Å². The second-order valence-corrected chi connectivity index (χ2v) is 7.25. The molecule has 4 rings (SSSR count). The predicted molar refractivity (Wildman–Crippen MR) is 118 cm³/mol. The number of para-hydroxylation sites is 1. The standard InChI is InChI=1S/C23H16BrFN4O/c24-21-9-5-4-8-20(21)23(30)27-26-14-17-15-29(19-6-2-1-3-7-19)28-22(17)16-10-12-18(25)13-11-16/h1-15H,(H,27,30)/b26-14+. The lowest BCUT2D eigenvalue weighted by atomic mass is 10.1. The molecule has 0 saturated heterocycles. The summed E-state index contributed by atoms with van der Waals surface area (Å²) in [4.78, 5) is 12.4. The van der Waals surface area contributed by atoms with Crippen LogP contribution in [0, 0.1) is 5.82 Å². The van der Waals surface area contributed by atoms with E-state index in [1.807, 2.05) is 42.6 Å². The molecule has 0 saturated carbocycles. The minimum absolute atomic E-state index is 0.322. The van der Waals surface area contributed by atoms with Crippen LogP contribution in [0.1, 0.15) is 15.9 Å². The van der Waals surface area contributed by atoms with Gasteiger partial charge in [0, 0.05) is 21.8 Å². The summed E-state index contributed by atoms with van der Waals surface area (Å²) in [5, 5.41) is 8.73. The van der Waals surface area contributed by atoms with Gasteiger partial charge in [0.2, 0.25) is 0 Å². The molecule has 30 heavy (non-hydrogen) atoms. The first-order valence-electron chi connectivity index (χ1n) is 9.11. The SMILES string of the molecule is O=C(N/N=C/c1cn(-c2ccccc2)nc1-c1ccc(F)cc1)c1ccccc1Br. The van der Waals surface area contributed by atoms with Crippen molar-refractivity contribution >= 4 is 28.1 Å². The summed E-state index contributed by atoms with van der Waals surface area (Å²) in [6.07, 6.45) is 3.34. The summed E-state index contributed by atoms with van der Waals surface area (Å²) in [5.41, 5.74) is 5.92. The molecule has 0 aliphatic heterocycles. The van der Waals surface area contributed by atoms with E-state index in [0.717, 1.165) is 11.3 Å². The molecule has 0 atom stereocenters. The highest BCUT2D eigenvalue weighted by molar-refractivity contribution is 9.10. The number of carbonyl (C=O) groups is 1. The van der Waals surface area contributed by atoms with Gasteiger partial charge < -0.3 is 0 Å². The van der Waals surface area contributed by atoms with E-state index in [4.69, 9.17) is 0 Å². The minimum Gasteiger partial charge on any atom is -0.267 e. The Hall–Kier alpha value is -3.58. The van der Waals surface area contributed by atoms with E-state index < -0.39 is 0 Å². The van der Waals surface area contributed by atoms with Gasteiger partial charge in [-0.05, 0) is 64.5 Å². The summed E-state index contributed by atoms with van der Waals surface area (Å²) in [7, 11) is 0. The molecule has 148 valence electrons. The molecule has 4 aromatic rings. The van der Waals surface area contributed by atoms with Crippen molar-refractivity contribution < 1.29 is 9.18 Å². The Labute approximate surface area is 181 Å². The molecule has 1 heterocycles. The van der Waals surface area contributed by atoms with Crippen molar-refractivity contribution in [3.05, 3.63) is 106 Å². The number of benzene rings is 3. The molecule has 0 fully saturated rings. The largest absolute Gasteiger partial charge is 0.272 e. The van der Waals surface area contributed by atoms with Gasteiger partial charge in [-0.2, -0.15) is 10.2 Å². The molecule has 0 aliphatic carbocycles. The quantitative estimate of drug-likeness (QED) is 0.327. The molecular formula is C23H16BrFN4O. The van der Waals surface area contributed by atoms with Gasteiger partial charge in [0.05, 0.1) is 17.5 Å². The summed E-state index contributed by atoms with van der Waals surface area (Å²) in [6, 6.07) is 22.8. The maximum atomic E-state index is 13.4. The number of amides is 1. The fraction of sp³-hybridized carbons (Fsp3) is 0. The van der Waals surface area contributed by atoms with Gasteiger partial charge in [-0.3, -0.25) is 4.79 Å². The fourth-order valence-electron chi connectivity index (χ4n) is 2.89. The minimum atomic E-state index is -0.336. The highest BCUT2D eigenvalue weighted by Crippen LogP contribution is 2.23. The highest BCUT2D eigenvalue weighted by atomic mass is 79.9. The van der Waals surface area contributed by atoms with Gasteiger partial charge in [0.25, 0.3) is 5.91 Å². The molecule has 0 bridgehead atoms. The number of nitrogens with one attached hydrogen (secondary N) is 1. The molecule has 3 aromatic carbocycles. The van der Waals surface area contributed by atoms with Crippen LogP contribution in [0.2, 0.25) is 0 Å². The zero-order valence-electron chi connectivity index (χ0n) is 15.7. The van der Waals surface area contributed by atoms with Gasteiger partial charge in [-0.25, -0.2) is 14.5 Å². The molecule has 7 heteroatoms. The van der Waals surface area contributed by atoms with Crippen molar-refractivity contribution in [3.63, 3.8) is 0 Å². The lowest BCUT2D eigenvalue weighted by Crippen LogP contribution is -2.18. The zero-order chi connectivity index (χ0) is 20.9. The van der Waals surface area contributed by atoms with Crippen LogP contribution in [0.3, 0.4) is 0 Å². The van der Waals surface area contributed by atoms with E-state index in [1.165, 1.54) is 18.3 Å². The number of carbonyl (C=O) groups excluding carboxylic acids is 1. The number of nitrogens with zero attached hydrogens (tertiary/aromatic N) is 3. The Morgan fingerprint density at radius 1 is 1.00 bits per heavy atom. The molecule has 1 N–H and O–H groups in total. The number of aromatic nitrogens is 2. The first-order chi connectivity index (χ1) is 14.6. The number of hydrazone groups is 1. The Kier molecular flexibility index (Phi) is 5.81. The number of hydrogen-bond acceptors (Lipinski definition) is 3. The Balaban J connectivity index is 1.65.